The van der Waals surface area contributed by atoms with E-state index in [1.807, 2.05) is 12.1 Å². The SMILES string of the molecule is O=C(O)[C@H]1CCCN(Cc2ccc(Cl)s2)C1. The maximum Gasteiger partial charge on any atom is 0.307 e. The normalized spacial score (nSPS) is 22.2. The molecular weight excluding hydrogens is 246 g/mol. The molecule has 88 valence electrons. The topological polar surface area (TPSA) is 40.5 Å². The van der Waals surface area contributed by atoms with Gasteiger partial charge in [-0.1, -0.05) is 11.6 Å². The Hall–Kier alpha value is -0.580. The third-order valence-electron chi connectivity index (χ3n) is 2.86. The minimum Gasteiger partial charge on any atom is -0.481 e. The first-order valence-corrected chi connectivity index (χ1v) is 6.54. The van der Waals surface area contributed by atoms with E-state index in [-0.39, 0.29) is 5.92 Å². The van der Waals surface area contributed by atoms with Crippen molar-refractivity contribution in [1.82, 2.24) is 4.90 Å². The highest BCUT2D eigenvalue weighted by Crippen LogP contribution is 2.25. The van der Waals surface area contributed by atoms with E-state index in [1.165, 1.54) is 4.88 Å². The second-order valence-electron chi connectivity index (χ2n) is 4.12. The Morgan fingerprint density at radius 1 is 1.62 bits per heavy atom. The molecular formula is C11H14ClNO2S. The summed E-state index contributed by atoms with van der Waals surface area (Å²) >= 11 is 7.43. The summed E-state index contributed by atoms with van der Waals surface area (Å²) in [5.74, 6) is -0.877. The molecule has 3 nitrogen and oxygen atoms in total. The molecule has 0 radical (unpaired) electrons. The molecule has 0 bridgehead atoms. The molecule has 0 aromatic carbocycles. The summed E-state index contributed by atoms with van der Waals surface area (Å²) in [6, 6.07) is 3.90. The second kappa shape index (κ2) is 5.17. The number of piperidine rings is 1. The first-order chi connectivity index (χ1) is 7.65. The lowest BCUT2D eigenvalue weighted by Gasteiger charge is -2.30. The predicted molar refractivity (Wildman–Crippen MR) is 65.0 cm³/mol. The van der Waals surface area contributed by atoms with E-state index in [0.717, 1.165) is 30.3 Å². The number of rotatable bonds is 3. The number of carboxylic acids is 1. The van der Waals surface area contributed by atoms with Gasteiger partial charge in [0.05, 0.1) is 10.3 Å². The Bertz CT molecular complexity index is 380. The van der Waals surface area contributed by atoms with Crippen molar-refractivity contribution < 1.29 is 9.90 Å². The van der Waals surface area contributed by atoms with Crippen LogP contribution in [0.25, 0.3) is 0 Å². The summed E-state index contributed by atoms with van der Waals surface area (Å²) in [7, 11) is 0. The number of nitrogens with zero attached hydrogens (tertiary/aromatic N) is 1. The van der Waals surface area contributed by atoms with E-state index < -0.39 is 5.97 Å². The quantitative estimate of drug-likeness (QED) is 0.907. The molecule has 1 atom stereocenters. The molecule has 0 spiro atoms. The van der Waals surface area contributed by atoms with Crippen LogP contribution in [-0.4, -0.2) is 29.1 Å². The van der Waals surface area contributed by atoms with E-state index in [2.05, 4.69) is 4.90 Å². The third-order valence-corrected chi connectivity index (χ3v) is 4.08. The summed E-state index contributed by atoms with van der Waals surface area (Å²) in [5.41, 5.74) is 0. The fourth-order valence-electron chi connectivity index (χ4n) is 2.06. The van der Waals surface area contributed by atoms with E-state index in [1.54, 1.807) is 11.3 Å². The van der Waals surface area contributed by atoms with Gasteiger partial charge in [0, 0.05) is 18.0 Å². The monoisotopic (exact) mass is 259 g/mol. The van der Waals surface area contributed by atoms with Crippen molar-refractivity contribution in [3.05, 3.63) is 21.3 Å². The Morgan fingerprint density at radius 2 is 2.44 bits per heavy atom. The molecule has 1 aliphatic rings. The van der Waals surface area contributed by atoms with Crippen LogP contribution in [-0.2, 0) is 11.3 Å². The Balaban J connectivity index is 1.92. The van der Waals surface area contributed by atoms with Gasteiger partial charge in [-0.25, -0.2) is 0 Å². The molecule has 2 heterocycles. The van der Waals surface area contributed by atoms with Crippen LogP contribution in [0.3, 0.4) is 0 Å². The van der Waals surface area contributed by atoms with Gasteiger partial charge in [0.25, 0.3) is 0 Å². The molecule has 0 unspecified atom stereocenters. The van der Waals surface area contributed by atoms with Crippen LogP contribution >= 0.6 is 22.9 Å². The van der Waals surface area contributed by atoms with Crippen molar-refractivity contribution >= 4 is 28.9 Å². The Kier molecular flexibility index (Phi) is 3.84. The average Bonchev–Trinajstić information content (AvgIpc) is 2.64. The number of hydrogen-bond acceptors (Lipinski definition) is 3. The van der Waals surface area contributed by atoms with E-state index in [9.17, 15) is 4.79 Å². The van der Waals surface area contributed by atoms with Crippen molar-refractivity contribution in [3.63, 3.8) is 0 Å². The highest BCUT2D eigenvalue weighted by Gasteiger charge is 2.25. The Labute approximate surface area is 104 Å². The zero-order valence-corrected chi connectivity index (χ0v) is 10.4. The molecule has 16 heavy (non-hydrogen) atoms. The molecule has 1 saturated heterocycles. The molecule has 1 aliphatic heterocycles. The number of carboxylic acid groups (broad SMARTS) is 1. The zero-order valence-electron chi connectivity index (χ0n) is 8.86. The number of hydrogen-bond donors (Lipinski definition) is 1. The highest BCUT2D eigenvalue weighted by molar-refractivity contribution is 7.16. The predicted octanol–water partition coefficient (Wildman–Crippen LogP) is 2.70. The molecule has 0 amide bonds. The van der Waals surface area contributed by atoms with Gasteiger partial charge in [0.15, 0.2) is 0 Å². The first kappa shape index (κ1) is 11.9. The van der Waals surface area contributed by atoms with Crippen LogP contribution in [0.5, 0.6) is 0 Å². The lowest BCUT2D eigenvalue weighted by atomic mass is 9.98. The second-order valence-corrected chi connectivity index (χ2v) is 5.92. The highest BCUT2D eigenvalue weighted by atomic mass is 35.5. The van der Waals surface area contributed by atoms with Crippen LogP contribution in [0.4, 0.5) is 0 Å². The fourth-order valence-corrected chi connectivity index (χ4v) is 3.19. The summed E-state index contributed by atoms with van der Waals surface area (Å²) < 4.78 is 0.793. The van der Waals surface area contributed by atoms with Crippen molar-refractivity contribution in [2.75, 3.05) is 13.1 Å². The van der Waals surface area contributed by atoms with Gasteiger partial charge in [-0.3, -0.25) is 9.69 Å². The Morgan fingerprint density at radius 3 is 3.06 bits per heavy atom. The van der Waals surface area contributed by atoms with Gasteiger partial charge in [-0.15, -0.1) is 11.3 Å². The van der Waals surface area contributed by atoms with Gasteiger partial charge in [0.2, 0.25) is 0 Å². The zero-order chi connectivity index (χ0) is 11.5. The van der Waals surface area contributed by atoms with Crippen molar-refractivity contribution in [1.29, 1.82) is 0 Å². The fraction of sp³-hybridized carbons (Fsp3) is 0.545. The van der Waals surface area contributed by atoms with Gasteiger partial charge in [-0.2, -0.15) is 0 Å². The summed E-state index contributed by atoms with van der Waals surface area (Å²) in [6.45, 7) is 2.46. The maximum absolute atomic E-state index is 10.9. The number of thiophene rings is 1. The van der Waals surface area contributed by atoms with Crippen LogP contribution < -0.4 is 0 Å². The largest absolute Gasteiger partial charge is 0.481 e. The first-order valence-electron chi connectivity index (χ1n) is 5.34. The van der Waals surface area contributed by atoms with E-state index >= 15 is 0 Å². The lowest BCUT2D eigenvalue weighted by molar-refractivity contribution is -0.143. The van der Waals surface area contributed by atoms with Crippen molar-refractivity contribution in [3.8, 4) is 0 Å². The number of carbonyl (C=O) groups is 1. The molecule has 1 fully saturated rings. The minimum atomic E-state index is -0.672. The van der Waals surface area contributed by atoms with Crippen LogP contribution in [0.1, 0.15) is 17.7 Å². The summed E-state index contributed by atoms with van der Waals surface area (Å²) in [4.78, 5) is 14.3. The van der Waals surface area contributed by atoms with Crippen molar-refractivity contribution in [2.45, 2.75) is 19.4 Å². The standard InChI is InChI=1S/C11H14ClNO2S/c12-10-4-3-9(16-10)7-13-5-1-2-8(6-13)11(14)15/h3-4,8H,1-2,5-7H2,(H,14,15)/t8-/m0/s1. The van der Waals surface area contributed by atoms with E-state index in [4.69, 9.17) is 16.7 Å². The molecule has 2 rings (SSSR count). The minimum absolute atomic E-state index is 0.204. The smallest absolute Gasteiger partial charge is 0.307 e. The number of likely N-dealkylation sites (tertiary alicyclic amines) is 1. The maximum atomic E-state index is 10.9. The summed E-state index contributed by atoms with van der Waals surface area (Å²) in [6.07, 6.45) is 1.77. The number of halogens is 1. The third kappa shape index (κ3) is 2.97. The molecule has 0 saturated carbocycles. The van der Waals surface area contributed by atoms with Crippen LogP contribution in [0, 0.1) is 5.92 Å². The molecule has 5 heteroatoms. The van der Waals surface area contributed by atoms with E-state index in [0.29, 0.717) is 6.54 Å². The van der Waals surface area contributed by atoms with Gasteiger partial charge < -0.3 is 5.11 Å². The average molecular weight is 260 g/mol. The number of aliphatic carboxylic acids is 1. The molecule has 1 aromatic heterocycles. The molecule has 0 aliphatic carbocycles. The van der Waals surface area contributed by atoms with Crippen molar-refractivity contribution in [2.24, 2.45) is 5.92 Å². The lowest BCUT2D eigenvalue weighted by Crippen LogP contribution is -2.37. The molecule has 1 aromatic rings. The molecule has 1 N–H and O–H groups in total. The van der Waals surface area contributed by atoms with Crippen LogP contribution in [0.2, 0.25) is 4.34 Å². The summed E-state index contributed by atoms with van der Waals surface area (Å²) in [5, 5.41) is 8.98. The van der Waals surface area contributed by atoms with Crippen LogP contribution in [0.15, 0.2) is 12.1 Å². The van der Waals surface area contributed by atoms with Gasteiger partial charge in [-0.05, 0) is 31.5 Å². The van der Waals surface area contributed by atoms with Gasteiger partial charge in [0.1, 0.15) is 0 Å². The van der Waals surface area contributed by atoms with Gasteiger partial charge >= 0.3 is 5.97 Å².